The number of anilines is 1. The van der Waals surface area contributed by atoms with Crippen molar-refractivity contribution in [3.63, 3.8) is 0 Å². The highest BCUT2D eigenvalue weighted by atomic mass is 19.1. The normalized spacial score (nSPS) is 17.7. The maximum absolute atomic E-state index is 13.0. The van der Waals surface area contributed by atoms with Gasteiger partial charge in [0.25, 0.3) is 0 Å². The number of aromatic nitrogens is 1. The number of piperazine rings is 1. The molecule has 1 aliphatic carbocycles. The van der Waals surface area contributed by atoms with Crippen LogP contribution in [0.2, 0.25) is 0 Å². The van der Waals surface area contributed by atoms with E-state index in [2.05, 4.69) is 15.2 Å². The third-order valence-corrected chi connectivity index (χ3v) is 5.75. The second-order valence-corrected chi connectivity index (χ2v) is 7.68. The lowest BCUT2D eigenvalue weighted by molar-refractivity contribution is -0.144. The Kier molecular flexibility index (Phi) is 5.47. The number of benzene rings is 1. The molecule has 1 N–H and O–H groups in total. The van der Waals surface area contributed by atoms with Crippen LogP contribution in [0.1, 0.15) is 18.4 Å². The van der Waals surface area contributed by atoms with Crippen molar-refractivity contribution >= 4 is 17.6 Å². The van der Waals surface area contributed by atoms with Crippen molar-refractivity contribution in [1.82, 2.24) is 15.2 Å². The Bertz CT molecular complexity index is 860. The average Bonchev–Trinajstić information content (AvgIpc) is 3.57. The van der Waals surface area contributed by atoms with Crippen molar-refractivity contribution < 1.29 is 14.0 Å². The number of carbonyl (C=O) groups is 2. The maximum Gasteiger partial charge on any atom is 0.238 e. The summed E-state index contributed by atoms with van der Waals surface area (Å²) in [6.45, 7) is 3.06. The number of hydrogen-bond acceptors (Lipinski definition) is 4. The molecule has 1 aliphatic heterocycles. The maximum atomic E-state index is 13.0. The van der Waals surface area contributed by atoms with Gasteiger partial charge in [-0.05, 0) is 49.1 Å². The van der Waals surface area contributed by atoms with E-state index in [1.54, 1.807) is 18.3 Å². The van der Waals surface area contributed by atoms with Crippen molar-refractivity contribution in [2.75, 3.05) is 37.6 Å². The highest BCUT2D eigenvalue weighted by Gasteiger charge is 2.58. The van der Waals surface area contributed by atoms with Gasteiger partial charge in [0.05, 0.1) is 0 Å². The predicted molar refractivity (Wildman–Crippen MR) is 108 cm³/mol. The minimum absolute atomic E-state index is 0.0579. The van der Waals surface area contributed by atoms with Crippen molar-refractivity contribution in [3.05, 3.63) is 60.0 Å². The van der Waals surface area contributed by atoms with Gasteiger partial charge in [0.15, 0.2) is 0 Å². The Hall–Kier alpha value is -2.96. The van der Waals surface area contributed by atoms with Crippen LogP contribution in [0.3, 0.4) is 0 Å². The van der Waals surface area contributed by atoms with Crippen molar-refractivity contribution in [3.8, 4) is 0 Å². The van der Waals surface area contributed by atoms with Crippen LogP contribution in [0.25, 0.3) is 0 Å². The van der Waals surface area contributed by atoms with Gasteiger partial charge in [-0.3, -0.25) is 9.59 Å². The van der Waals surface area contributed by atoms with Gasteiger partial charge in [-0.2, -0.15) is 0 Å². The number of carbonyl (C=O) groups excluding carboxylic acids is 2. The van der Waals surface area contributed by atoms with Crippen molar-refractivity contribution in [2.24, 2.45) is 5.41 Å². The van der Waals surface area contributed by atoms with E-state index >= 15 is 0 Å². The molecule has 0 atom stereocenters. The molecule has 0 bridgehead atoms. The minimum Gasteiger partial charge on any atom is -0.355 e. The molecule has 152 valence electrons. The van der Waals surface area contributed by atoms with Gasteiger partial charge in [-0.15, -0.1) is 0 Å². The van der Waals surface area contributed by atoms with E-state index in [-0.39, 0.29) is 17.6 Å². The molecule has 1 saturated heterocycles. The number of nitrogens with zero attached hydrogens (tertiary/aromatic N) is 3. The lowest BCUT2D eigenvalue weighted by Gasteiger charge is -2.36. The fourth-order valence-corrected chi connectivity index (χ4v) is 3.79. The summed E-state index contributed by atoms with van der Waals surface area (Å²) in [5, 5.41) is 2.90. The standard InChI is InChI=1S/C22H25FN4O2/c23-18-6-4-17(5-7-18)8-12-25-20(28)22(9-10-22)21(29)27-15-13-26(14-16-27)19-3-1-2-11-24-19/h1-7,11H,8-10,12-16H2,(H,25,28). The first-order valence-corrected chi connectivity index (χ1v) is 10.1. The number of amides is 2. The van der Waals surface area contributed by atoms with Crippen LogP contribution in [-0.4, -0.2) is 54.4 Å². The summed E-state index contributed by atoms with van der Waals surface area (Å²) in [7, 11) is 0. The Morgan fingerprint density at radius 3 is 2.38 bits per heavy atom. The lowest BCUT2D eigenvalue weighted by atomic mass is 10.0. The molecule has 6 nitrogen and oxygen atoms in total. The van der Waals surface area contributed by atoms with Crippen molar-refractivity contribution in [2.45, 2.75) is 19.3 Å². The summed E-state index contributed by atoms with van der Waals surface area (Å²) in [6, 6.07) is 12.0. The molecule has 1 aromatic carbocycles. The number of rotatable bonds is 6. The molecule has 7 heteroatoms. The molecule has 2 aromatic rings. The Morgan fingerprint density at radius 2 is 1.76 bits per heavy atom. The SMILES string of the molecule is O=C(NCCc1ccc(F)cc1)C1(C(=O)N2CCN(c3ccccn3)CC2)CC1. The number of pyridine rings is 1. The zero-order chi connectivity index (χ0) is 20.3. The molecular formula is C22H25FN4O2. The largest absolute Gasteiger partial charge is 0.355 e. The summed E-state index contributed by atoms with van der Waals surface area (Å²) < 4.78 is 13.0. The summed E-state index contributed by atoms with van der Waals surface area (Å²) >= 11 is 0. The monoisotopic (exact) mass is 396 g/mol. The first-order chi connectivity index (χ1) is 14.1. The lowest BCUT2D eigenvalue weighted by Crippen LogP contribution is -2.53. The van der Waals surface area contributed by atoms with Gasteiger partial charge >= 0.3 is 0 Å². The number of halogens is 1. The topological polar surface area (TPSA) is 65.5 Å². The predicted octanol–water partition coefficient (Wildman–Crippen LogP) is 2.01. The average molecular weight is 396 g/mol. The Balaban J connectivity index is 1.28. The van der Waals surface area contributed by atoms with Gasteiger partial charge in [0, 0.05) is 38.9 Å². The highest BCUT2D eigenvalue weighted by Crippen LogP contribution is 2.47. The van der Waals surface area contributed by atoms with Gasteiger partial charge in [-0.1, -0.05) is 18.2 Å². The minimum atomic E-state index is -0.893. The first kappa shape index (κ1) is 19.4. The van der Waals surface area contributed by atoms with Crippen LogP contribution in [0.15, 0.2) is 48.7 Å². The van der Waals surface area contributed by atoms with E-state index < -0.39 is 5.41 Å². The zero-order valence-electron chi connectivity index (χ0n) is 16.3. The summed E-state index contributed by atoms with van der Waals surface area (Å²) in [4.78, 5) is 34.1. The molecular weight excluding hydrogens is 371 g/mol. The van der Waals surface area contributed by atoms with Crippen molar-refractivity contribution in [1.29, 1.82) is 0 Å². The second kappa shape index (κ2) is 8.19. The second-order valence-electron chi connectivity index (χ2n) is 7.68. The van der Waals surface area contributed by atoms with E-state index in [0.29, 0.717) is 52.0 Å². The summed E-state index contributed by atoms with van der Waals surface area (Å²) in [5.74, 6) is 0.400. The molecule has 0 spiro atoms. The van der Waals surface area contributed by atoms with Crippen LogP contribution >= 0.6 is 0 Å². The van der Waals surface area contributed by atoms with Crippen LogP contribution < -0.4 is 10.2 Å². The number of hydrogen-bond donors (Lipinski definition) is 1. The Morgan fingerprint density at radius 1 is 1.03 bits per heavy atom. The smallest absolute Gasteiger partial charge is 0.238 e. The molecule has 2 amide bonds. The van der Waals surface area contributed by atoms with E-state index in [9.17, 15) is 14.0 Å². The molecule has 29 heavy (non-hydrogen) atoms. The quantitative estimate of drug-likeness (QED) is 0.759. The van der Waals surface area contributed by atoms with Gasteiger partial charge in [-0.25, -0.2) is 9.37 Å². The van der Waals surface area contributed by atoms with Gasteiger partial charge < -0.3 is 15.1 Å². The van der Waals surface area contributed by atoms with Crippen LogP contribution in [0.4, 0.5) is 10.2 Å². The highest BCUT2D eigenvalue weighted by molar-refractivity contribution is 6.07. The zero-order valence-corrected chi connectivity index (χ0v) is 16.3. The third-order valence-electron chi connectivity index (χ3n) is 5.75. The van der Waals surface area contributed by atoms with Crippen LogP contribution in [0, 0.1) is 11.2 Å². The fraction of sp³-hybridized carbons (Fsp3) is 0.409. The molecule has 2 aliphatic rings. The molecule has 4 rings (SSSR count). The molecule has 2 fully saturated rings. The molecule has 1 saturated carbocycles. The summed E-state index contributed by atoms with van der Waals surface area (Å²) in [5.41, 5.74) is 0.0594. The molecule has 2 heterocycles. The van der Waals surface area contributed by atoms with E-state index in [0.717, 1.165) is 11.4 Å². The fourth-order valence-electron chi connectivity index (χ4n) is 3.79. The third kappa shape index (κ3) is 4.23. The van der Waals surface area contributed by atoms with Crippen LogP contribution in [0.5, 0.6) is 0 Å². The van der Waals surface area contributed by atoms with Gasteiger partial charge in [0.2, 0.25) is 11.8 Å². The van der Waals surface area contributed by atoms with E-state index in [4.69, 9.17) is 0 Å². The van der Waals surface area contributed by atoms with Gasteiger partial charge in [0.1, 0.15) is 17.1 Å². The molecule has 0 unspecified atom stereocenters. The summed E-state index contributed by atoms with van der Waals surface area (Å²) in [6.07, 6.45) is 3.59. The Labute approximate surface area is 169 Å². The van der Waals surface area contributed by atoms with E-state index in [1.807, 2.05) is 23.1 Å². The first-order valence-electron chi connectivity index (χ1n) is 10.1. The van der Waals surface area contributed by atoms with E-state index in [1.165, 1.54) is 12.1 Å². The van der Waals surface area contributed by atoms with Crippen LogP contribution in [-0.2, 0) is 16.0 Å². The molecule has 0 radical (unpaired) electrons. The molecule has 1 aromatic heterocycles. The number of nitrogens with one attached hydrogen (secondary N) is 1.